The monoisotopic (exact) mass is 356 g/mol. The van der Waals surface area contributed by atoms with Gasteiger partial charge in [0.1, 0.15) is 11.9 Å². The molecule has 3 rings (SSSR count). The molecular formula is C19H18F2N4O. The number of carbonyl (C=O) groups excluding carboxylic acids is 1. The van der Waals surface area contributed by atoms with E-state index in [0.29, 0.717) is 17.9 Å². The normalized spacial score (nSPS) is 14.7. The maximum atomic E-state index is 13.2. The lowest BCUT2D eigenvalue weighted by Crippen LogP contribution is -2.39. The first kappa shape index (κ1) is 17.8. The Balaban J connectivity index is 1.52. The van der Waals surface area contributed by atoms with Gasteiger partial charge in [-0.05, 0) is 49.1 Å². The fourth-order valence-corrected chi connectivity index (χ4v) is 3.06. The molecule has 0 radical (unpaired) electrons. The van der Waals surface area contributed by atoms with E-state index in [1.165, 1.54) is 6.07 Å². The molecule has 0 atom stereocenters. The van der Waals surface area contributed by atoms with E-state index in [1.807, 2.05) is 0 Å². The van der Waals surface area contributed by atoms with Crippen molar-refractivity contribution in [3.05, 3.63) is 59.3 Å². The summed E-state index contributed by atoms with van der Waals surface area (Å²) in [7, 11) is 0. The Morgan fingerprint density at radius 2 is 2.04 bits per heavy atom. The van der Waals surface area contributed by atoms with E-state index in [0.717, 1.165) is 38.1 Å². The van der Waals surface area contributed by atoms with Gasteiger partial charge in [0.15, 0.2) is 11.6 Å². The predicted molar refractivity (Wildman–Crippen MR) is 92.6 cm³/mol. The highest BCUT2D eigenvalue weighted by molar-refractivity contribution is 5.94. The number of nitrogens with zero attached hydrogens (tertiary/aromatic N) is 3. The van der Waals surface area contributed by atoms with Gasteiger partial charge in [-0.25, -0.2) is 13.8 Å². The molecule has 5 nitrogen and oxygen atoms in total. The average Bonchev–Trinajstić information content (AvgIpc) is 2.68. The van der Waals surface area contributed by atoms with Crippen molar-refractivity contribution < 1.29 is 13.6 Å². The van der Waals surface area contributed by atoms with Crippen molar-refractivity contribution in [3.63, 3.8) is 0 Å². The molecular weight excluding hydrogens is 338 g/mol. The van der Waals surface area contributed by atoms with Crippen LogP contribution in [0, 0.1) is 28.9 Å². The number of amides is 1. The number of rotatable bonds is 4. The maximum absolute atomic E-state index is 13.2. The molecule has 0 saturated carbocycles. The predicted octanol–water partition coefficient (Wildman–Crippen LogP) is 2.88. The smallest absolute Gasteiger partial charge is 0.251 e. The first-order chi connectivity index (χ1) is 12.6. The molecule has 0 aliphatic carbocycles. The molecule has 134 valence electrons. The summed E-state index contributed by atoms with van der Waals surface area (Å²) in [6.45, 7) is 1.97. The summed E-state index contributed by atoms with van der Waals surface area (Å²) in [5.41, 5.74) is 0.658. The number of halogens is 2. The van der Waals surface area contributed by atoms with Gasteiger partial charge in [-0.1, -0.05) is 0 Å². The second kappa shape index (κ2) is 7.91. The van der Waals surface area contributed by atoms with Crippen LogP contribution in [0.4, 0.5) is 14.6 Å². The van der Waals surface area contributed by atoms with Crippen molar-refractivity contribution in [1.82, 2.24) is 10.3 Å². The Kier molecular flexibility index (Phi) is 5.42. The van der Waals surface area contributed by atoms with Gasteiger partial charge in [0.25, 0.3) is 5.91 Å². The van der Waals surface area contributed by atoms with E-state index in [9.17, 15) is 18.8 Å². The number of aromatic nitrogens is 1. The summed E-state index contributed by atoms with van der Waals surface area (Å²) in [6, 6.07) is 8.75. The van der Waals surface area contributed by atoms with Gasteiger partial charge in [-0.2, -0.15) is 5.26 Å². The van der Waals surface area contributed by atoms with Crippen LogP contribution in [-0.4, -0.2) is 30.5 Å². The lowest BCUT2D eigenvalue weighted by molar-refractivity contribution is 0.0944. The van der Waals surface area contributed by atoms with Crippen molar-refractivity contribution in [2.75, 3.05) is 24.5 Å². The summed E-state index contributed by atoms with van der Waals surface area (Å²) < 4.78 is 26.1. The molecule has 1 N–H and O–H groups in total. The van der Waals surface area contributed by atoms with Crippen LogP contribution in [0.1, 0.15) is 28.8 Å². The summed E-state index contributed by atoms with van der Waals surface area (Å²) in [5, 5.41) is 12.0. The molecule has 0 spiro atoms. The van der Waals surface area contributed by atoms with Crippen LogP contribution >= 0.6 is 0 Å². The molecule has 1 aliphatic rings. The van der Waals surface area contributed by atoms with Crippen molar-refractivity contribution in [2.24, 2.45) is 5.92 Å². The molecule has 2 aromatic rings. The van der Waals surface area contributed by atoms with Crippen LogP contribution < -0.4 is 10.2 Å². The Labute approximate surface area is 150 Å². The number of benzene rings is 1. The zero-order chi connectivity index (χ0) is 18.5. The molecule has 0 bridgehead atoms. The first-order valence-corrected chi connectivity index (χ1v) is 8.42. The van der Waals surface area contributed by atoms with Gasteiger partial charge < -0.3 is 10.2 Å². The fraction of sp³-hybridized carbons (Fsp3) is 0.316. The van der Waals surface area contributed by atoms with E-state index >= 15 is 0 Å². The van der Waals surface area contributed by atoms with E-state index < -0.39 is 17.5 Å². The number of hydrogen-bond donors (Lipinski definition) is 1. The molecule has 0 unspecified atom stereocenters. The number of nitrogens with one attached hydrogen (secondary N) is 1. The molecule has 1 amide bonds. The lowest BCUT2D eigenvalue weighted by atomic mass is 9.96. The van der Waals surface area contributed by atoms with Crippen molar-refractivity contribution in [3.8, 4) is 6.07 Å². The SMILES string of the molecule is N#Cc1cccnc1N1CCC(CNC(=O)c2ccc(F)c(F)c2)CC1. The molecule has 1 aliphatic heterocycles. The summed E-state index contributed by atoms with van der Waals surface area (Å²) in [5.74, 6) is -1.44. The van der Waals surface area contributed by atoms with Gasteiger partial charge in [0.2, 0.25) is 0 Å². The molecule has 1 aromatic heterocycles. The Bertz CT molecular complexity index is 842. The van der Waals surface area contributed by atoms with Crippen molar-refractivity contribution >= 4 is 11.7 Å². The molecule has 2 heterocycles. The van der Waals surface area contributed by atoms with E-state index in [2.05, 4.69) is 21.3 Å². The van der Waals surface area contributed by atoms with Gasteiger partial charge in [0, 0.05) is 31.4 Å². The number of hydrogen-bond acceptors (Lipinski definition) is 4. The van der Waals surface area contributed by atoms with Crippen LogP contribution in [0.3, 0.4) is 0 Å². The average molecular weight is 356 g/mol. The number of anilines is 1. The topological polar surface area (TPSA) is 69.0 Å². The summed E-state index contributed by atoms with van der Waals surface area (Å²) in [6.07, 6.45) is 3.36. The third-order valence-electron chi connectivity index (χ3n) is 4.55. The van der Waals surface area contributed by atoms with Crippen LogP contribution in [-0.2, 0) is 0 Å². The molecule has 1 aromatic carbocycles. The highest BCUT2D eigenvalue weighted by Crippen LogP contribution is 2.23. The van der Waals surface area contributed by atoms with Crippen LogP contribution in [0.5, 0.6) is 0 Å². The minimum absolute atomic E-state index is 0.105. The molecule has 1 fully saturated rings. The van der Waals surface area contributed by atoms with E-state index in [4.69, 9.17) is 0 Å². The Morgan fingerprint density at radius 3 is 2.73 bits per heavy atom. The zero-order valence-electron chi connectivity index (χ0n) is 14.1. The van der Waals surface area contributed by atoms with Crippen LogP contribution in [0.15, 0.2) is 36.5 Å². The van der Waals surface area contributed by atoms with Crippen molar-refractivity contribution in [1.29, 1.82) is 5.26 Å². The van der Waals surface area contributed by atoms with E-state index in [1.54, 1.807) is 18.3 Å². The zero-order valence-corrected chi connectivity index (χ0v) is 14.1. The number of piperidine rings is 1. The third kappa shape index (κ3) is 3.97. The molecule has 1 saturated heterocycles. The quantitative estimate of drug-likeness (QED) is 0.915. The largest absolute Gasteiger partial charge is 0.356 e. The van der Waals surface area contributed by atoms with Gasteiger partial charge in [-0.3, -0.25) is 4.79 Å². The third-order valence-corrected chi connectivity index (χ3v) is 4.55. The fourth-order valence-electron chi connectivity index (χ4n) is 3.06. The highest BCUT2D eigenvalue weighted by Gasteiger charge is 2.22. The standard InChI is InChI=1S/C19H18F2N4O/c20-16-4-3-14(10-17(16)21)19(26)24-12-13-5-8-25(9-6-13)18-15(11-22)2-1-7-23-18/h1-4,7,10,13H,5-6,8-9,12H2,(H,24,26). The highest BCUT2D eigenvalue weighted by atomic mass is 19.2. The van der Waals surface area contributed by atoms with Crippen LogP contribution in [0.2, 0.25) is 0 Å². The summed E-state index contributed by atoms with van der Waals surface area (Å²) >= 11 is 0. The number of pyridine rings is 1. The Morgan fingerprint density at radius 1 is 1.27 bits per heavy atom. The van der Waals surface area contributed by atoms with Crippen LogP contribution in [0.25, 0.3) is 0 Å². The second-order valence-corrected chi connectivity index (χ2v) is 6.26. The van der Waals surface area contributed by atoms with Gasteiger partial charge in [0.05, 0.1) is 5.56 Å². The Hall–Kier alpha value is -3.01. The second-order valence-electron chi connectivity index (χ2n) is 6.26. The maximum Gasteiger partial charge on any atom is 0.251 e. The number of nitriles is 1. The summed E-state index contributed by atoms with van der Waals surface area (Å²) in [4.78, 5) is 18.4. The minimum atomic E-state index is -1.03. The molecule has 26 heavy (non-hydrogen) atoms. The lowest BCUT2D eigenvalue weighted by Gasteiger charge is -2.33. The molecule has 7 heteroatoms. The van der Waals surface area contributed by atoms with E-state index in [-0.39, 0.29) is 11.5 Å². The first-order valence-electron chi connectivity index (χ1n) is 8.42. The van der Waals surface area contributed by atoms with Crippen molar-refractivity contribution in [2.45, 2.75) is 12.8 Å². The van der Waals surface area contributed by atoms with Gasteiger partial charge >= 0.3 is 0 Å². The number of carbonyl (C=O) groups is 1. The minimum Gasteiger partial charge on any atom is -0.356 e. The van der Waals surface area contributed by atoms with Gasteiger partial charge in [-0.15, -0.1) is 0 Å².